The molecule has 0 aliphatic rings. The number of hydrogen-bond acceptors (Lipinski definition) is 5. The van der Waals surface area contributed by atoms with E-state index in [2.05, 4.69) is 20.4 Å². The van der Waals surface area contributed by atoms with Gasteiger partial charge in [0.1, 0.15) is 12.7 Å². The molecule has 0 fully saturated rings. The van der Waals surface area contributed by atoms with Crippen molar-refractivity contribution in [2.75, 3.05) is 12.0 Å². The fourth-order valence-corrected chi connectivity index (χ4v) is 2.62. The molecule has 0 radical (unpaired) electrons. The number of nitrogens with one attached hydrogen (secondary N) is 1. The molecule has 1 unspecified atom stereocenters. The van der Waals surface area contributed by atoms with Crippen LogP contribution in [0.3, 0.4) is 0 Å². The molecule has 0 saturated heterocycles. The zero-order valence-electron chi connectivity index (χ0n) is 16.7. The first kappa shape index (κ1) is 22.5. The first-order valence-corrected chi connectivity index (χ1v) is 8.22. The monoisotopic (exact) mass is 399 g/mol. The Labute approximate surface area is 177 Å². The van der Waals surface area contributed by atoms with Gasteiger partial charge in [0, 0.05) is 18.0 Å². The van der Waals surface area contributed by atoms with Crippen LogP contribution in [-0.4, -0.2) is 43.9 Å². The number of carbonyl (C=O) groups is 1. The summed E-state index contributed by atoms with van der Waals surface area (Å²) in [5.74, 6) is -0.970. The second kappa shape index (κ2) is 9.58. The standard InChI is InChI=1S/C18H16F3N5O2.Li.H/c1-10-7-22-18(24-11-8-23-26(9-11)14(6-19)16(20)21)25-15(10)12-4-2-3-5-13(12)17(27)28;;/h2-5,7-9,14,16H,6H2,1H3,(H,27,28)(H,22,24,25);;/q;+1;-1. The van der Waals surface area contributed by atoms with E-state index in [1.807, 2.05) is 0 Å². The van der Waals surface area contributed by atoms with Gasteiger partial charge in [0.15, 0.2) is 0 Å². The molecule has 0 aliphatic heterocycles. The third-order valence-electron chi connectivity index (χ3n) is 4.03. The SMILES string of the molecule is Cc1cnc(Nc2cnn(C(CF)C(F)F)c2)nc1-c1ccccc1C(=O)O.[H-].[Li+]. The predicted octanol–water partition coefficient (Wildman–Crippen LogP) is 0.983. The Morgan fingerprint density at radius 3 is 2.69 bits per heavy atom. The van der Waals surface area contributed by atoms with Gasteiger partial charge in [0.25, 0.3) is 6.43 Å². The van der Waals surface area contributed by atoms with Crippen molar-refractivity contribution in [1.29, 1.82) is 0 Å². The molecule has 3 aromatic rings. The zero-order chi connectivity index (χ0) is 20.3. The average molecular weight is 399 g/mol. The van der Waals surface area contributed by atoms with Crippen LogP contribution in [0, 0.1) is 6.92 Å². The van der Waals surface area contributed by atoms with Crippen molar-refractivity contribution < 1.29 is 43.4 Å². The molecule has 1 aromatic carbocycles. The number of aryl methyl sites for hydroxylation is 1. The Hall–Kier alpha value is -2.83. The second-order valence-electron chi connectivity index (χ2n) is 5.97. The minimum atomic E-state index is -2.90. The maximum absolute atomic E-state index is 12.8. The molecule has 1 atom stereocenters. The fourth-order valence-electron chi connectivity index (χ4n) is 2.62. The van der Waals surface area contributed by atoms with Crippen LogP contribution < -0.4 is 24.2 Å². The summed E-state index contributed by atoms with van der Waals surface area (Å²) in [5, 5.41) is 15.9. The van der Waals surface area contributed by atoms with Crippen molar-refractivity contribution in [2.24, 2.45) is 0 Å². The molecular weight excluding hydrogens is 382 g/mol. The van der Waals surface area contributed by atoms with E-state index in [9.17, 15) is 23.1 Å². The molecule has 2 aromatic heterocycles. The number of nitrogens with zero attached hydrogens (tertiary/aromatic N) is 4. The van der Waals surface area contributed by atoms with Gasteiger partial charge in [-0.3, -0.25) is 4.68 Å². The van der Waals surface area contributed by atoms with E-state index in [4.69, 9.17) is 0 Å². The summed E-state index contributed by atoms with van der Waals surface area (Å²) in [7, 11) is 0. The molecule has 7 nitrogen and oxygen atoms in total. The average Bonchev–Trinajstić information content (AvgIpc) is 3.11. The molecule has 0 aliphatic carbocycles. The summed E-state index contributed by atoms with van der Waals surface area (Å²) >= 11 is 0. The van der Waals surface area contributed by atoms with Gasteiger partial charge in [-0.2, -0.15) is 5.10 Å². The fraction of sp³-hybridized carbons (Fsp3) is 0.222. The van der Waals surface area contributed by atoms with E-state index < -0.39 is 25.1 Å². The first-order chi connectivity index (χ1) is 13.4. The molecule has 0 saturated carbocycles. The van der Waals surface area contributed by atoms with Crippen LogP contribution in [0.4, 0.5) is 24.8 Å². The van der Waals surface area contributed by atoms with Crippen LogP contribution in [-0.2, 0) is 0 Å². The molecule has 3 rings (SSSR count). The summed E-state index contributed by atoms with van der Waals surface area (Å²) in [4.78, 5) is 19.9. The van der Waals surface area contributed by atoms with Crippen LogP contribution in [0.5, 0.6) is 0 Å². The van der Waals surface area contributed by atoms with Crippen molar-refractivity contribution in [3.05, 3.63) is 54.0 Å². The number of halogens is 3. The quantitative estimate of drug-likeness (QED) is 0.576. The van der Waals surface area contributed by atoms with Crippen LogP contribution in [0.2, 0.25) is 0 Å². The van der Waals surface area contributed by atoms with E-state index in [0.29, 0.717) is 22.5 Å². The van der Waals surface area contributed by atoms with Gasteiger partial charge >= 0.3 is 24.8 Å². The smallest absolute Gasteiger partial charge is 1.00 e. The van der Waals surface area contributed by atoms with Crippen molar-refractivity contribution >= 4 is 17.6 Å². The summed E-state index contributed by atoms with van der Waals surface area (Å²) in [6, 6.07) is 4.74. The van der Waals surface area contributed by atoms with Crippen LogP contribution >= 0.6 is 0 Å². The largest absolute Gasteiger partial charge is 1.00 e. The van der Waals surface area contributed by atoms with Crippen molar-refractivity contribution in [3.63, 3.8) is 0 Å². The molecule has 0 amide bonds. The number of carboxylic acids is 1. The van der Waals surface area contributed by atoms with E-state index >= 15 is 0 Å². The van der Waals surface area contributed by atoms with E-state index in [0.717, 1.165) is 4.68 Å². The molecule has 11 heteroatoms. The predicted molar refractivity (Wildman–Crippen MR) is 96.8 cm³/mol. The Kier molecular flexibility index (Phi) is 7.42. The number of alkyl halides is 3. The van der Waals surface area contributed by atoms with Gasteiger partial charge in [-0.15, -0.1) is 0 Å². The van der Waals surface area contributed by atoms with Crippen LogP contribution in [0.1, 0.15) is 23.4 Å². The maximum atomic E-state index is 12.8. The van der Waals surface area contributed by atoms with Gasteiger partial charge < -0.3 is 11.8 Å². The zero-order valence-corrected chi connectivity index (χ0v) is 15.7. The van der Waals surface area contributed by atoms with Crippen molar-refractivity contribution in [1.82, 2.24) is 19.7 Å². The maximum Gasteiger partial charge on any atom is 1.00 e. The van der Waals surface area contributed by atoms with Crippen molar-refractivity contribution in [2.45, 2.75) is 19.4 Å². The van der Waals surface area contributed by atoms with Crippen LogP contribution in [0.15, 0.2) is 42.9 Å². The minimum absolute atomic E-state index is 0. The third-order valence-corrected chi connectivity index (χ3v) is 4.03. The Balaban J connectivity index is 0.00000225. The number of aromatic carboxylic acids is 1. The molecule has 2 heterocycles. The van der Waals surface area contributed by atoms with Gasteiger partial charge in [-0.25, -0.2) is 27.9 Å². The van der Waals surface area contributed by atoms with Crippen molar-refractivity contribution in [3.8, 4) is 11.3 Å². The van der Waals surface area contributed by atoms with E-state index in [1.165, 1.54) is 24.7 Å². The number of carboxylic acid groups (broad SMARTS) is 1. The molecule has 29 heavy (non-hydrogen) atoms. The molecule has 2 N–H and O–H groups in total. The molecule has 0 bridgehead atoms. The number of aromatic nitrogens is 4. The van der Waals surface area contributed by atoms with Gasteiger partial charge in [-0.05, 0) is 18.6 Å². The molecular formula is C18H17F3LiN5O2. The Morgan fingerprint density at radius 2 is 2.03 bits per heavy atom. The Morgan fingerprint density at radius 1 is 1.31 bits per heavy atom. The van der Waals surface area contributed by atoms with Gasteiger partial charge in [0.05, 0.1) is 23.1 Å². The van der Waals surface area contributed by atoms with Gasteiger partial charge in [0.2, 0.25) is 5.95 Å². The number of hydrogen-bond donors (Lipinski definition) is 2. The number of benzene rings is 1. The summed E-state index contributed by atoms with van der Waals surface area (Å²) < 4.78 is 39.3. The van der Waals surface area contributed by atoms with Gasteiger partial charge in [-0.1, -0.05) is 18.2 Å². The third kappa shape index (κ3) is 4.96. The van der Waals surface area contributed by atoms with Crippen LogP contribution in [0.25, 0.3) is 11.3 Å². The second-order valence-corrected chi connectivity index (χ2v) is 5.97. The summed E-state index contributed by atoms with van der Waals surface area (Å²) in [5.41, 5.74) is 1.87. The number of rotatable bonds is 7. The topological polar surface area (TPSA) is 92.9 Å². The Bertz CT molecular complexity index is 1010. The minimum Gasteiger partial charge on any atom is -1.00 e. The van der Waals surface area contributed by atoms with E-state index in [1.54, 1.807) is 25.1 Å². The molecule has 148 valence electrons. The normalized spacial score (nSPS) is 11.8. The number of anilines is 2. The van der Waals surface area contributed by atoms with E-state index in [-0.39, 0.29) is 31.8 Å². The summed E-state index contributed by atoms with van der Waals surface area (Å²) in [6.07, 6.45) is 1.09. The summed E-state index contributed by atoms with van der Waals surface area (Å²) in [6.45, 7) is 0.486. The first-order valence-electron chi connectivity index (χ1n) is 8.22. The molecule has 0 spiro atoms.